The Kier molecular flexibility index (Phi) is 6.59. The number of ether oxygens (including phenoxy) is 1. The largest absolute Gasteiger partial charge is 0.444 e. The lowest BCUT2D eigenvalue weighted by Crippen LogP contribution is -2.43. The lowest BCUT2D eigenvalue weighted by molar-refractivity contribution is -0.121. The first-order valence-electron chi connectivity index (χ1n) is 8.55. The monoisotopic (exact) mass is 372 g/mol. The number of rotatable bonds is 5. The molecule has 3 amide bonds. The molecule has 27 heavy (non-hydrogen) atoms. The minimum absolute atomic E-state index is 0.00122. The quantitative estimate of drug-likeness (QED) is 0.700. The molecule has 2 rings (SSSR count). The van der Waals surface area contributed by atoms with Gasteiger partial charge in [-0.15, -0.1) is 0 Å². The summed E-state index contributed by atoms with van der Waals surface area (Å²) in [6.07, 6.45) is 3.05. The standard InChI is InChI=1S/C19H24N4O4/c1-19(2,3)27-18(26)20-11-10-16(24)21-22-17(25)14-8-4-5-9-15(14)23-12-6-7-13-23/h4-9,12-13H,10-11H2,1-3H3,(H,20,26)(H,21,24)(H,22,25). The van der Waals surface area contributed by atoms with Crippen LogP contribution in [0.25, 0.3) is 5.69 Å². The molecule has 8 heteroatoms. The lowest BCUT2D eigenvalue weighted by Gasteiger charge is -2.19. The van der Waals surface area contributed by atoms with Crippen molar-refractivity contribution in [2.24, 2.45) is 0 Å². The molecule has 1 aromatic carbocycles. The number of hydrogen-bond acceptors (Lipinski definition) is 4. The number of carbonyl (C=O) groups is 3. The van der Waals surface area contributed by atoms with Gasteiger partial charge in [-0.2, -0.15) is 0 Å². The number of alkyl carbamates (subject to hydrolysis) is 1. The molecule has 0 radical (unpaired) electrons. The Morgan fingerprint density at radius 3 is 2.33 bits per heavy atom. The van der Waals surface area contributed by atoms with Crippen molar-refractivity contribution in [1.82, 2.24) is 20.7 Å². The van der Waals surface area contributed by atoms with E-state index in [2.05, 4.69) is 16.2 Å². The van der Waals surface area contributed by atoms with Crippen LogP contribution in [0.2, 0.25) is 0 Å². The fourth-order valence-electron chi connectivity index (χ4n) is 2.23. The molecule has 0 spiro atoms. The fourth-order valence-corrected chi connectivity index (χ4v) is 2.23. The molecule has 0 unspecified atom stereocenters. The SMILES string of the molecule is CC(C)(C)OC(=O)NCCC(=O)NNC(=O)c1ccccc1-n1cccc1. The average Bonchev–Trinajstić information content (AvgIpc) is 3.12. The maximum Gasteiger partial charge on any atom is 0.407 e. The predicted molar refractivity (Wildman–Crippen MR) is 100 cm³/mol. The normalized spacial score (nSPS) is 10.8. The van der Waals surface area contributed by atoms with Crippen LogP contribution in [0.15, 0.2) is 48.8 Å². The van der Waals surface area contributed by atoms with E-state index >= 15 is 0 Å². The first-order chi connectivity index (χ1) is 12.8. The summed E-state index contributed by atoms with van der Waals surface area (Å²) in [4.78, 5) is 35.7. The molecular weight excluding hydrogens is 348 g/mol. The third-order valence-electron chi connectivity index (χ3n) is 3.37. The van der Waals surface area contributed by atoms with E-state index in [1.165, 1.54) is 0 Å². The Hall–Kier alpha value is -3.29. The number of nitrogens with zero attached hydrogens (tertiary/aromatic N) is 1. The molecule has 8 nitrogen and oxygen atoms in total. The van der Waals surface area contributed by atoms with Crippen LogP contribution in [0.4, 0.5) is 4.79 Å². The minimum Gasteiger partial charge on any atom is -0.444 e. The van der Waals surface area contributed by atoms with Crippen LogP contribution in [0.5, 0.6) is 0 Å². The number of hydrogen-bond donors (Lipinski definition) is 3. The van der Waals surface area contributed by atoms with Crippen molar-refractivity contribution in [3.8, 4) is 5.69 Å². The van der Waals surface area contributed by atoms with E-state index in [1.54, 1.807) is 32.9 Å². The summed E-state index contributed by atoms with van der Waals surface area (Å²) < 4.78 is 6.88. The van der Waals surface area contributed by atoms with Crippen LogP contribution >= 0.6 is 0 Å². The van der Waals surface area contributed by atoms with Crippen molar-refractivity contribution >= 4 is 17.9 Å². The van der Waals surface area contributed by atoms with E-state index in [9.17, 15) is 14.4 Å². The second-order valence-electron chi connectivity index (χ2n) is 6.79. The number of benzene rings is 1. The van der Waals surface area contributed by atoms with Crippen molar-refractivity contribution in [2.45, 2.75) is 32.8 Å². The second-order valence-corrected chi connectivity index (χ2v) is 6.79. The molecule has 0 fully saturated rings. The molecule has 3 N–H and O–H groups in total. The molecule has 0 aliphatic carbocycles. The number of hydrazine groups is 1. The molecular formula is C19H24N4O4. The molecule has 0 saturated carbocycles. The lowest BCUT2D eigenvalue weighted by atomic mass is 10.1. The smallest absolute Gasteiger partial charge is 0.407 e. The van der Waals surface area contributed by atoms with E-state index in [-0.39, 0.29) is 13.0 Å². The van der Waals surface area contributed by atoms with Gasteiger partial charge in [-0.1, -0.05) is 12.1 Å². The van der Waals surface area contributed by atoms with Crippen molar-refractivity contribution in [2.75, 3.05) is 6.54 Å². The Labute approximate surface area is 157 Å². The third kappa shape index (κ3) is 6.50. The van der Waals surface area contributed by atoms with Crippen LogP contribution in [0.3, 0.4) is 0 Å². The van der Waals surface area contributed by atoms with Crippen LogP contribution in [0, 0.1) is 0 Å². The van der Waals surface area contributed by atoms with Gasteiger partial charge in [0.15, 0.2) is 0 Å². The van der Waals surface area contributed by atoms with Crippen LogP contribution in [-0.2, 0) is 9.53 Å². The fraction of sp³-hybridized carbons (Fsp3) is 0.316. The zero-order chi connectivity index (χ0) is 19.9. The highest BCUT2D eigenvalue weighted by Gasteiger charge is 2.16. The van der Waals surface area contributed by atoms with Gasteiger partial charge in [0, 0.05) is 25.4 Å². The predicted octanol–water partition coefficient (Wildman–Crippen LogP) is 2.15. The summed E-state index contributed by atoms with van der Waals surface area (Å²) in [6.45, 7) is 5.34. The van der Waals surface area contributed by atoms with Crippen molar-refractivity contribution in [3.63, 3.8) is 0 Å². The first kappa shape index (κ1) is 20.0. The van der Waals surface area contributed by atoms with Gasteiger partial charge in [0.05, 0.1) is 11.3 Å². The molecule has 0 aliphatic rings. The Bertz CT molecular complexity index is 794. The van der Waals surface area contributed by atoms with Gasteiger partial charge in [0.1, 0.15) is 5.60 Å². The summed E-state index contributed by atoms with van der Waals surface area (Å²) in [7, 11) is 0. The molecule has 0 aliphatic heterocycles. The van der Waals surface area contributed by atoms with Gasteiger partial charge in [-0.3, -0.25) is 20.4 Å². The minimum atomic E-state index is -0.604. The van der Waals surface area contributed by atoms with Gasteiger partial charge >= 0.3 is 6.09 Å². The highest BCUT2D eigenvalue weighted by Crippen LogP contribution is 2.14. The highest BCUT2D eigenvalue weighted by atomic mass is 16.6. The number of carbonyl (C=O) groups excluding carboxylic acids is 3. The second kappa shape index (κ2) is 8.88. The van der Waals surface area contributed by atoms with E-state index in [4.69, 9.17) is 4.74 Å². The molecule has 1 aromatic heterocycles. The van der Waals surface area contributed by atoms with Crippen LogP contribution in [0.1, 0.15) is 37.6 Å². The summed E-state index contributed by atoms with van der Waals surface area (Å²) in [6, 6.07) is 10.8. The Morgan fingerprint density at radius 2 is 1.67 bits per heavy atom. The topological polar surface area (TPSA) is 101 Å². The van der Waals surface area contributed by atoms with Crippen molar-refractivity contribution in [1.29, 1.82) is 0 Å². The van der Waals surface area contributed by atoms with Gasteiger partial charge in [-0.25, -0.2) is 4.79 Å². The van der Waals surface area contributed by atoms with Gasteiger partial charge < -0.3 is 14.6 Å². The maximum absolute atomic E-state index is 12.4. The van der Waals surface area contributed by atoms with E-state index in [0.29, 0.717) is 11.3 Å². The molecule has 0 saturated heterocycles. The first-order valence-corrected chi connectivity index (χ1v) is 8.55. The Balaban J connectivity index is 1.81. The van der Waals surface area contributed by atoms with Crippen molar-refractivity contribution < 1.29 is 19.1 Å². The molecule has 2 aromatic rings. The highest BCUT2D eigenvalue weighted by molar-refractivity contribution is 5.98. The number of nitrogens with one attached hydrogen (secondary N) is 3. The maximum atomic E-state index is 12.4. The number of para-hydroxylation sites is 1. The van der Waals surface area contributed by atoms with E-state index in [1.807, 2.05) is 41.2 Å². The number of amides is 3. The molecule has 144 valence electrons. The van der Waals surface area contributed by atoms with E-state index < -0.39 is 23.5 Å². The zero-order valence-electron chi connectivity index (χ0n) is 15.6. The summed E-state index contributed by atoms with van der Waals surface area (Å²) in [5.41, 5.74) is 5.23. The third-order valence-corrected chi connectivity index (χ3v) is 3.37. The Morgan fingerprint density at radius 1 is 1.00 bits per heavy atom. The molecule has 0 bridgehead atoms. The van der Waals surface area contributed by atoms with Gasteiger partial charge in [0.25, 0.3) is 5.91 Å². The van der Waals surface area contributed by atoms with Gasteiger partial charge in [0.2, 0.25) is 5.91 Å². The van der Waals surface area contributed by atoms with Gasteiger partial charge in [-0.05, 0) is 45.0 Å². The average molecular weight is 372 g/mol. The van der Waals surface area contributed by atoms with Crippen LogP contribution in [-0.4, -0.2) is 34.6 Å². The zero-order valence-corrected chi connectivity index (χ0v) is 15.6. The van der Waals surface area contributed by atoms with Crippen molar-refractivity contribution in [3.05, 3.63) is 54.4 Å². The summed E-state index contributed by atoms with van der Waals surface area (Å²) in [5, 5.41) is 2.48. The molecule has 1 heterocycles. The molecule has 0 atom stereocenters. The van der Waals surface area contributed by atoms with E-state index in [0.717, 1.165) is 0 Å². The van der Waals surface area contributed by atoms with Crippen LogP contribution < -0.4 is 16.2 Å². The summed E-state index contributed by atoms with van der Waals surface area (Å²) >= 11 is 0. The number of aromatic nitrogens is 1. The summed E-state index contributed by atoms with van der Waals surface area (Å²) in [5.74, 6) is -0.870.